The lowest BCUT2D eigenvalue weighted by Gasteiger charge is -2.16. The van der Waals surface area contributed by atoms with Crippen molar-refractivity contribution in [1.29, 1.82) is 0 Å². The predicted molar refractivity (Wildman–Crippen MR) is 89.9 cm³/mol. The van der Waals surface area contributed by atoms with E-state index in [-0.39, 0.29) is 17.7 Å². The molecule has 130 valence electrons. The second-order valence-electron chi connectivity index (χ2n) is 6.95. The second kappa shape index (κ2) is 7.24. The zero-order valence-electron chi connectivity index (χ0n) is 14.1. The van der Waals surface area contributed by atoms with Crippen LogP contribution in [-0.2, 0) is 16.0 Å². The van der Waals surface area contributed by atoms with Crippen LogP contribution in [0, 0.1) is 17.8 Å². The summed E-state index contributed by atoms with van der Waals surface area (Å²) < 4.78 is 5.13. The number of hydrogen-bond donors (Lipinski definition) is 1. The molecule has 1 aliphatic heterocycles. The van der Waals surface area contributed by atoms with E-state index < -0.39 is 5.97 Å². The molecule has 1 aromatic carbocycles. The number of hydrogen-bond acceptors (Lipinski definition) is 3. The molecule has 1 saturated carbocycles. The van der Waals surface area contributed by atoms with Gasteiger partial charge in [0.05, 0.1) is 13.0 Å². The monoisotopic (exact) mass is 331 g/mol. The molecule has 0 bridgehead atoms. The van der Waals surface area contributed by atoms with Crippen LogP contribution in [0.3, 0.4) is 0 Å². The van der Waals surface area contributed by atoms with Gasteiger partial charge in [-0.2, -0.15) is 0 Å². The summed E-state index contributed by atoms with van der Waals surface area (Å²) >= 11 is 0. The first kappa shape index (κ1) is 16.8. The van der Waals surface area contributed by atoms with E-state index >= 15 is 0 Å². The number of carbonyl (C=O) groups is 2. The summed E-state index contributed by atoms with van der Waals surface area (Å²) in [6, 6.07) is 7.89. The van der Waals surface area contributed by atoms with Crippen LogP contribution in [-0.4, -0.2) is 42.1 Å². The van der Waals surface area contributed by atoms with Gasteiger partial charge in [-0.3, -0.25) is 9.59 Å². The van der Waals surface area contributed by atoms with E-state index in [1.807, 2.05) is 24.3 Å². The molecule has 2 fully saturated rings. The van der Waals surface area contributed by atoms with E-state index in [0.29, 0.717) is 25.4 Å². The van der Waals surface area contributed by atoms with Crippen molar-refractivity contribution in [2.45, 2.75) is 32.1 Å². The fraction of sp³-hybridized carbons (Fsp3) is 0.579. The van der Waals surface area contributed by atoms with Crippen molar-refractivity contribution in [2.75, 3.05) is 20.2 Å². The van der Waals surface area contributed by atoms with Crippen LogP contribution in [0.1, 0.15) is 31.2 Å². The smallest absolute Gasteiger partial charge is 0.308 e. The first-order chi connectivity index (χ1) is 11.6. The molecule has 1 amide bonds. The average Bonchev–Trinajstić information content (AvgIpc) is 3.33. The van der Waals surface area contributed by atoms with Gasteiger partial charge in [-0.15, -0.1) is 0 Å². The maximum atomic E-state index is 12.4. The Labute approximate surface area is 142 Å². The van der Waals surface area contributed by atoms with Gasteiger partial charge in [-0.1, -0.05) is 12.1 Å². The van der Waals surface area contributed by atoms with Gasteiger partial charge < -0.3 is 14.7 Å². The number of methoxy groups -OCH3 is 1. The van der Waals surface area contributed by atoms with Crippen LogP contribution >= 0.6 is 0 Å². The van der Waals surface area contributed by atoms with Gasteiger partial charge in [-0.05, 0) is 55.2 Å². The number of aliphatic carboxylic acids is 1. The van der Waals surface area contributed by atoms with Gasteiger partial charge in [0.2, 0.25) is 5.91 Å². The first-order valence-corrected chi connectivity index (χ1v) is 8.72. The van der Waals surface area contributed by atoms with Crippen molar-refractivity contribution in [3.63, 3.8) is 0 Å². The van der Waals surface area contributed by atoms with Gasteiger partial charge in [0.25, 0.3) is 0 Å². The van der Waals surface area contributed by atoms with Crippen molar-refractivity contribution in [3.8, 4) is 5.75 Å². The molecule has 1 aromatic rings. The Bertz CT molecular complexity index is 594. The quantitative estimate of drug-likeness (QED) is 0.834. The number of nitrogens with zero attached hydrogens (tertiary/aromatic N) is 1. The van der Waals surface area contributed by atoms with Crippen LogP contribution in [0.25, 0.3) is 0 Å². The molecule has 0 spiro atoms. The maximum Gasteiger partial charge on any atom is 0.308 e. The lowest BCUT2D eigenvalue weighted by Crippen LogP contribution is -2.29. The summed E-state index contributed by atoms with van der Waals surface area (Å²) in [7, 11) is 1.64. The highest BCUT2D eigenvalue weighted by Gasteiger charge is 2.46. The van der Waals surface area contributed by atoms with E-state index in [0.717, 1.165) is 31.4 Å². The largest absolute Gasteiger partial charge is 0.497 e. The molecule has 5 nitrogen and oxygen atoms in total. The standard InChI is InChI=1S/C19H25NO4/c1-24-15-9-5-13(6-10-15)3-2-4-18(21)20-11-16(14-7-8-14)17(12-20)19(22)23/h5-6,9-10,14,16-17H,2-4,7-8,11-12H2,1H3,(H,22,23)/t16-,17+/m1/s1. The Hall–Kier alpha value is -2.04. The number of ether oxygens (including phenoxy) is 1. The highest BCUT2D eigenvalue weighted by Crippen LogP contribution is 2.44. The molecule has 1 saturated heterocycles. The molecule has 0 aromatic heterocycles. The molecule has 5 heteroatoms. The van der Waals surface area contributed by atoms with Crippen molar-refractivity contribution in [2.24, 2.45) is 17.8 Å². The molecular formula is C19H25NO4. The average molecular weight is 331 g/mol. The van der Waals surface area contributed by atoms with Crippen LogP contribution in [0.2, 0.25) is 0 Å². The van der Waals surface area contributed by atoms with Crippen LogP contribution in [0.15, 0.2) is 24.3 Å². The minimum absolute atomic E-state index is 0.0953. The van der Waals surface area contributed by atoms with E-state index in [4.69, 9.17) is 4.74 Å². The number of likely N-dealkylation sites (tertiary alicyclic amines) is 1. The molecule has 3 rings (SSSR count). The van der Waals surface area contributed by atoms with E-state index in [1.165, 1.54) is 5.56 Å². The van der Waals surface area contributed by atoms with E-state index in [2.05, 4.69) is 0 Å². The third-order valence-electron chi connectivity index (χ3n) is 5.28. The minimum atomic E-state index is -0.750. The Balaban J connectivity index is 1.47. The number of carbonyl (C=O) groups excluding carboxylic acids is 1. The Morgan fingerprint density at radius 3 is 2.50 bits per heavy atom. The lowest BCUT2D eigenvalue weighted by molar-refractivity contribution is -0.142. The zero-order chi connectivity index (χ0) is 17.1. The van der Waals surface area contributed by atoms with Gasteiger partial charge >= 0.3 is 5.97 Å². The van der Waals surface area contributed by atoms with Crippen LogP contribution in [0.4, 0.5) is 0 Å². The Kier molecular flexibility index (Phi) is 5.07. The zero-order valence-corrected chi connectivity index (χ0v) is 14.1. The third-order valence-corrected chi connectivity index (χ3v) is 5.28. The normalized spacial score (nSPS) is 23.3. The van der Waals surface area contributed by atoms with Gasteiger partial charge in [0.1, 0.15) is 5.75 Å². The summed E-state index contributed by atoms with van der Waals surface area (Å²) in [6.07, 6.45) is 4.35. The Morgan fingerprint density at radius 2 is 1.92 bits per heavy atom. The fourth-order valence-electron chi connectivity index (χ4n) is 3.69. The molecule has 2 atom stereocenters. The molecule has 2 aliphatic rings. The number of carboxylic acids is 1. The maximum absolute atomic E-state index is 12.4. The fourth-order valence-corrected chi connectivity index (χ4v) is 3.69. The summed E-state index contributed by atoms with van der Waals surface area (Å²) in [4.78, 5) is 25.6. The van der Waals surface area contributed by atoms with Gasteiger partial charge in [0, 0.05) is 19.5 Å². The predicted octanol–water partition coefficient (Wildman–Crippen LogP) is 2.59. The lowest BCUT2D eigenvalue weighted by atomic mass is 9.92. The molecular weight excluding hydrogens is 306 g/mol. The molecule has 1 heterocycles. The molecule has 0 unspecified atom stereocenters. The highest BCUT2D eigenvalue weighted by atomic mass is 16.5. The summed E-state index contributed by atoms with van der Waals surface area (Å²) in [6.45, 7) is 1.01. The molecule has 0 radical (unpaired) electrons. The summed E-state index contributed by atoms with van der Waals surface area (Å²) in [5, 5.41) is 9.38. The number of benzene rings is 1. The van der Waals surface area contributed by atoms with Crippen molar-refractivity contribution in [3.05, 3.63) is 29.8 Å². The van der Waals surface area contributed by atoms with Crippen molar-refractivity contribution in [1.82, 2.24) is 4.90 Å². The van der Waals surface area contributed by atoms with Crippen molar-refractivity contribution < 1.29 is 19.4 Å². The number of carboxylic acid groups (broad SMARTS) is 1. The number of amides is 1. The minimum Gasteiger partial charge on any atom is -0.497 e. The number of rotatable bonds is 7. The molecule has 1 aliphatic carbocycles. The van der Waals surface area contributed by atoms with E-state index in [1.54, 1.807) is 12.0 Å². The second-order valence-corrected chi connectivity index (χ2v) is 6.95. The van der Waals surface area contributed by atoms with Crippen LogP contribution < -0.4 is 4.74 Å². The summed E-state index contributed by atoms with van der Waals surface area (Å²) in [5.74, 6) is 0.482. The van der Waals surface area contributed by atoms with Gasteiger partial charge in [0.15, 0.2) is 0 Å². The SMILES string of the molecule is COc1ccc(CCCC(=O)N2C[C@H](C(=O)O)[C@@H](C3CC3)C2)cc1. The van der Waals surface area contributed by atoms with E-state index in [9.17, 15) is 14.7 Å². The first-order valence-electron chi connectivity index (χ1n) is 8.72. The van der Waals surface area contributed by atoms with Crippen LogP contribution in [0.5, 0.6) is 5.75 Å². The highest BCUT2D eigenvalue weighted by molar-refractivity contribution is 5.79. The molecule has 24 heavy (non-hydrogen) atoms. The Morgan fingerprint density at radius 1 is 1.21 bits per heavy atom. The molecule has 1 N–H and O–H groups in total. The van der Waals surface area contributed by atoms with Crippen molar-refractivity contribution >= 4 is 11.9 Å². The topological polar surface area (TPSA) is 66.8 Å². The number of aryl methyl sites for hydroxylation is 1. The summed E-state index contributed by atoms with van der Waals surface area (Å²) in [5.41, 5.74) is 1.18. The van der Waals surface area contributed by atoms with Gasteiger partial charge in [-0.25, -0.2) is 0 Å². The third kappa shape index (κ3) is 3.89.